The van der Waals surface area contributed by atoms with Gasteiger partial charge in [-0.05, 0) is 73.5 Å². The molecule has 4 fully saturated rings. The SMILES string of the molecule is C[C@H](CO)CCC[C@@H](C)[C@H]1[C@@H](O)[C@@H](O)[C@@]2(O)[C@]3(O)C[C@H](O)C4C[C@@H](O)CC[C@]4(C)C3CC[C@]12C. The van der Waals surface area contributed by atoms with Gasteiger partial charge in [-0.2, -0.15) is 0 Å². The Labute approximate surface area is 204 Å². The van der Waals surface area contributed by atoms with E-state index in [1.54, 1.807) is 0 Å². The van der Waals surface area contributed by atoms with Crippen LogP contribution >= 0.6 is 0 Å². The van der Waals surface area contributed by atoms with Crippen LogP contribution in [0.25, 0.3) is 0 Å². The van der Waals surface area contributed by atoms with Crippen LogP contribution in [-0.4, -0.2) is 78.0 Å². The second-order valence-corrected chi connectivity index (χ2v) is 13.2. The summed E-state index contributed by atoms with van der Waals surface area (Å²) in [5.41, 5.74) is -5.04. The Balaban J connectivity index is 1.67. The molecule has 7 heteroatoms. The number of aliphatic hydroxyl groups is 7. The van der Waals surface area contributed by atoms with Crippen molar-refractivity contribution in [3.05, 3.63) is 0 Å². The molecule has 4 saturated carbocycles. The van der Waals surface area contributed by atoms with Crippen molar-refractivity contribution in [1.29, 1.82) is 0 Å². The molecular formula is C27H48O7. The molecule has 4 aliphatic rings. The highest BCUT2D eigenvalue weighted by Crippen LogP contribution is 2.71. The van der Waals surface area contributed by atoms with Crippen LogP contribution in [0.15, 0.2) is 0 Å². The van der Waals surface area contributed by atoms with Crippen LogP contribution in [0.1, 0.15) is 85.5 Å². The summed E-state index contributed by atoms with van der Waals surface area (Å²) >= 11 is 0. The standard InChI is InChI=1S/C27H48O7/c1-15(14-28)6-5-7-16(2)21-22(31)23(32)27(34)25(21,4)11-9-20-24(3)10-8-17(29)12-18(24)19(30)13-26(20,27)33/h15-23,28-34H,5-14H2,1-4H3/t15-,16+,17-,18?,19-,20?,21-,22+,23+,24-,25+,26-,27-/m0/s1. The highest BCUT2D eigenvalue weighted by Gasteiger charge is 2.80. The monoisotopic (exact) mass is 484 g/mol. The zero-order valence-corrected chi connectivity index (χ0v) is 21.4. The third-order valence-corrected chi connectivity index (χ3v) is 11.4. The summed E-state index contributed by atoms with van der Waals surface area (Å²) in [6.07, 6.45) is 1.41. The maximum Gasteiger partial charge on any atom is 0.128 e. The van der Waals surface area contributed by atoms with Gasteiger partial charge in [0.15, 0.2) is 0 Å². The van der Waals surface area contributed by atoms with Gasteiger partial charge in [0.25, 0.3) is 0 Å². The third kappa shape index (κ3) is 3.48. The Hall–Kier alpha value is -0.280. The first-order chi connectivity index (χ1) is 15.8. The normalized spacial score (nSPS) is 54.6. The Bertz CT molecular complexity index is 748. The van der Waals surface area contributed by atoms with E-state index in [1.807, 2.05) is 20.8 Å². The van der Waals surface area contributed by atoms with Crippen molar-refractivity contribution in [2.45, 2.75) is 121 Å². The molecule has 4 rings (SSSR count). The molecule has 0 heterocycles. The number of rotatable bonds is 6. The fraction of sp³-hybridized carbons (Fsp3) is 1.00. The molecule has 7 N–H and O–H groups in total. The van der Waals surface area contributed by atoms with Gasteiger partial charge in [0.2, 0.25) is 0 Å². The van der Waals surface area contributed by atoms with Crippen molar-refractivity contribution in [3.63, 3.8) is 0 Å². The number of aliphatic hydroxyl groups excluding tert-OH is 5. The molecule has 0 aliphatic heterocycles. The molecule has 0 aromatic heterocycles. The molecule has 4 aliphatic carbocycles. The molecule has 0 radical (unpaired) electrons. The predicted molar refractivity (Wildman–Crippen MR) is 128 cm³/mol. The third-order valence-electron chi connectivity index (χ3n) is 11.4. The van der Waals surface area contributed by atoms with Gasteiger partial charge in [-0.1, -0.05) is 40.5 Å². The molecular weight excluding hydrogens is 436 g/mol. The zero-order valence-electron chi connectivity index (χ0n) is 21.4. The predicted octanol–water partition coefficient (Wildman–Crippen LogP) is 1.58. The number of hydrogen-bond acceptors (Lipinski definition) is 7. The summed E-state index contributed by atoms with van der Waals surface area (Å²) in [6, 6.07) is 0. The first-order valence-corrected chi connectivity index (χ1v) is 13.6. The average molecular weight is 485 g/mol. The highest BCUT2D eigenvalue weighted by atomic mass is 16.4. The molecule has 34 heavy (non-hydrogen) atoms. The summed E-state index contributed by atoms with van der Waals surface area (Å²) < 4.78 is 0. The Kier molecular flexibility index (Phi) is 7.03. The van der Waals surface area contributed by atoms with Gasteiger partial charge in [-0.25, -0.2) is 0 Å². The molecule has 0 saturated heterocycles. The van der Waals surface area contributed by atoms with Crippen LogP contribution in [0.4, 0.5) is 0 Å². The van der Waals surface area contributed by atoms with Crippen molar-refractivity contribution in [2.75, 3.05) is 6.61 Å². The van der Waals surface area contributed by atoms with Crippen LogP contribution < -0.4 is 0 Å². The number of hydrogen-bond donors (Lipinski definition) is 7. The molecule has 0 aromatic rings. The minimum Gasteiger partial charge on any atom is -0.396 e. The molecule has 2 unspecified atom stereocenters. The summed E-state index contributed by atoms with van der Waals surface area (Å²) in [4.78, 5) is 0. The van der Waals surface area contributed by atoms with Gasteiger partial charge < -0.3 is 35.7 Å². The van der Waals surface area contributed by atoms with E-state index in [1.165, 1.54) is 0 Å². The maximum absolute atomic E-state index is 12.4. The van der Waals surface area contributed by atoms with E-state index in [0.29, 0.717) is 32.1 Å². The lowest BCUT2D eigenvalue weighted by molar-refractivity contribution is -0.331. The number of fused-ring (bicyclic) bond motifs is 5. The molecule has 0 aromatic carbocycles. The van der Waals surface area contributed by atoms with E-state index < -0.39 is 52.4 Å². The molecule has 0 bridgehead atoms. The minimum absolute atomic E-state index is 0.0106. The molecule has 0 spiro atoms. The lowest BCUT2D eigenvalue weighted by atomic mass is 9.40. The van der Waals surface area contributed by atoms with E-state index in [2.05, 4.69) is 6.92 Å². The molecule has 7 nitrogen and oxygen atoms in total. The van der Waals surface area contributed by atoms with Crippen molar-refractivity contribution in [1.82, 2.24) is 0 Å². The first-order valence-electron chi connectivity index (χ1n) is 13.6. The van der Waals surface area contributed by atoms with Gasteiger partial charge in [-0.15, -0.1) is 0 Å². The summed E-state index contributed by atoms with van der Waals surface area (Å²) in [5, 5.41) is 78.1. The lowest BCUT2D eigenvalue weighted by Gasteiger charge is -2.68. The summed E-state index contributed by atoms with van der Waals surface area (Å²) in [6.45, 7) is 8.16. The minimum atomic E-state index is -1.94. The van der Waals surface area contributed by atoms with E-state index in [4.69, 9.17) is 0 Å². The fourth-order valence-corrected chi connectivity index (χ4v) is 9.50. The highest BCUT2D eigenvalue weighted by molar-refractivity contribution is 5.29. The lowest BCUT2D eigenvalue weighted by Crippen LogP contribution is -2.77. The van der Waals surface area contributed by atoms with Gasteiger partial charge in [0.1, 0.15) is 17.3 Å². The topological polar surface area (TPSA) is 142 Å². The zero-order chi connectivity index (χ0) is 25.3. The van der Waals surface area contributed by atoms with E-state index in [0.717, 1.165) is 19.3 Å². The Morgan fingerprint density at radius 3 is 2.26 bits per heavy atom. The van der Waals surface area contributed by atoms with Crippen molar-refractivity contribution in [2.24, 2.45) is 40.4 Å². The second kappa shape index (κ2) is 8.93. The molecule has 0 amide bonds. The van der Waals surface area contributed by atoms with Crippen molar-refractivity contribution < 1.29 is 35.7 Å². The van der Waals surface area contributed by atoms with Crippen LogP contribution in [0.5, 0.6) is 0 Å². The van der Waals surface area contributed by atoms with Gasteiger partial charge in [-0.3, -0.25) is 0 Å². The molecule has 198 valence electrons. The van der Waals surface area contributed by atoms with Crippen LogP contribution in [0.3, 0.4) is 0 Å². The van der Waals surface area contributed by atoms with E-state index in [-0.39, 0.29) is 36.7 Å². The second-order valence-electron chi connectivity index (χ2n) is 13.2. The van der Waals surface area contributed by atoms with E-state index in [9.17, 15) is 35.7 Å². The maximum atomic E-state index is 12.4. The summed E-state index contributed by atoms with van der Waals surface area (Å²) in [5.74, 6) is -0.669. The quantitative estimate of drug-likeness (QED) is 0.303. The summed E-state index contributed by atoms with van der Waals surface area (Å²) in [7, 11) is 0. The Morgan fingerprint density at radius 2 is 1.62 bits per heavy atom. The van der Waals surface area contributed by atoms with Gasteiger partial charge in [0.05, 0.1) is 18.3 Å². The van der Waals surface area contributed by atoms with E-state index >= 15 is 0 Å². The van der Waals surface area contributed by atoms with Crippen molar-refractivity contribution >= 4 is 0 Å². The van der Waals surface area contributed by atoms with Crippen LogP contribution in [0, 0.1) is 40.4 Å². The first kappa shape index (κ1) is 26.8. The smallest absolute Gasteiger partial charge is 0.128 e. The van der Waals surface area contributed by atoms with Gasteiger partial charge >= 0.3 is 0 Å². The van der Waals surface area contributed by atoms with Gasteiger partial charge in [0, 0.05) is 18.4 Å². The average Bonchev–Trinajstić information content (AvgIpc) is 2.93. The van der Waals surface area contributed by atoms with Crippen LogP contribution in [0.2, 0.25) is 0 Å². The van der Waals surface area contributed by atoms with Crippen molar-refractivity contribution in [3.8, 4) is 0 Å². The largest absolute Gasteiger partial charge is 0.396 e. The Morgan fingerprint density at radius 1 is 0.941 bits per heavy atom. The fourth-order valence-electron chi connectivity index (χ4n) is 9.50. The molecule has 13 atom stereocenters. The van der Waals surface area contributed by atoms with Crippen LogP contribution in [-0.2, 0) is 0 Å².